The summed E-state index contributed by atoms with van der Waals surface area (Å²) in [6.07, 6.45) is 1.02. The molecule has 0 aromatic carbocycles. The van der Waals surface area contributed by atoms with Gasteiger partial charge in [0, 0.05) is 18.6 Å². The Morgan fingerprint density at radius 1 is 0.895 bits per heavy atom. The first-order chi connectivity index (χ1) is 17.4. The van der Waals surface area contributed by atoms with Crippen molar-refractivity contribution in [3.8, 4) is 5.88 Å². The molecule has 0 aliphatic heterocycles. The number of rotatable bonds is 13. The number of allylic oxidation sites excluding steroid dienone is 1. The fourth-order valence-corrected chi connectivity index (χ4v) is 3.39. The second kappa shape index (κ2) is 14.1. The number of nitrogens with two attached hydrogens (primary N) is 2. The van der Waals surface area contributed by atoms with Gasteiger partial charge in [0.1, 0.15) is 19.0 Å². The van der Waals surface area contributed by atoms with Crippen LogP contribution < -0.4 is 16.2 Å². The molecule has 1 aromatic rings. The molecule has 0 saturated heterocycles. The van der Waals surface area contributed by atoms with Crippen LogP contribution in [0.3, 0.4) is 0 Å². The second-order valence-electron chi connectivity index (χ2n) is 10.1. The Morgan fingerprint density at radius 2 is 1.42 bits per heavy atom. The molecule has 0 spiro atoms. The number of nitrogens with zero attached hydrogens (tertiary/aromatic N) is 2. The third kappa shape index (κ3) is 12.8. The molecule has 1 heterocycles. The van der Waals surface area contributed by atoms with Gasteiger partial charge in [-0.3, -0.25) is 28.0 Å². The molecule has 0 fully saturated rings. The maximum absolute atomic E-state index is 13.4. The van der Waals surface area contributed by atoms with Crippen LogP contribution in [0, 0.1) is 10.8 Å². The molecule has 14 nitrogen and oxygen atoms in total. The van der Waals surface area contributed by atoms with E-state index in [0.29, 0.717) is 5.57 Å². The van der Waals surface area contributed by atoms with Crippen molar-refractivity contribution < 1.29 is 46.9 Å². The predicted octanol–water partition coefficient (Wildman–Crippen LogP) is 2.83. The molecule has 0 unspecified atom stereocenters. The maximum Gasteiger partial charge on any atom is 0.340 e. The Labute approximate surface area is 221 Å². The zero-order chi connectivity index (χ0) is 29.1. The summed E-state index contributed by atoms with van der Waals surface area (Å²) in [5.74, 6) is -1.71. The molecule has 0 bridgehead atoms. The second-order valence-corrected chi connectivity index (χ2v) is 12.2. The highest BCUT2D eigenvalue weighted by molar-refractivity contribution is 7.54. The van der Waals surface area contributed by atoms with Crippen LogP contribution in [-0.2, 0) is 42.2 Å². The Bertz CT molecular complexity index is 1010. The van der Waals surface area contributed by atoms with Crippen molar-refractivity contribution in [1.29, 1.82) is 0 Å². The number of esters is 3. The van der Waals surface area contributed by atoms with E-state index in [2.05, 4.69) is 9.97 Å². The molecule has 1 rings (SSSR count). The fourth-order valence-electron chi connectivity index (χ4n) is 2.19. The Kier molecular flexibility index (Phi) is 12.2. The van der Waals surface area contributed by atoms with Crippen LogP contribution in [0.5, 0.6) is 5.88 Å². The number of nitrogen functional groups attached to an aromatic ring is 2. The van der Waals surface area contributed by atoms with E-state index in [1.54, 1.807) is 41.5 Å². The summed E-state index contributed by atoms with van der Waals surface area (Å²) in [5, 5.41) is 0. The average molecular weight is 561 g/mol. The van der Waals surface area contributed by atoms with Crippen LogP contribution in [0.2, 0.25) is 0 Å². The summed E-state index contributed by atoms with van der Waals surface area (Å²) >= 11 is 0. The minimum Gasteiger partial charge on any atom is -0.473 e. The summed E-state index contributed by atoms with van der Waals surface area (Å²) in [5.41, 5.74) is 9.90. The summed E-state index contributed by atoms with van der Waals surface area (Å²) in [4.78, 5) is 43.1. The minimum atomic E-state index is -4.04. The van der Waals surface area contributed by atoms with Gasteiger partial charge >= 0.3 is 25.5 Å². The van der Waals surface area contributed by atoms with E-state index in [4.69, 9.17) is 39.5 Å². The van der Waals surface area contributed by atoms with Crippen molar-refractivity contribution in [2.75, 3.05) is 44.4 Å². The number of carbonyl (C=O) groups is 3. The number of aromatic nitrogens is 2. The summed E-state index contributed by atoms with van der Waals surface area (Å²) in [6.45, 7) is 9.31. The normalized spacial score (nSPS) is 12.6. The van der Waals surface area contributed by atoms with Gasteiger partial charge in [-0.1, -0.05) is 6.08 Å². The summed E-state index contributed by atoms with van der Waals surface area (Å²) in [7, 11) is -4.04. The van der Waals surface area contributed by atoms with E-state index in [1.165, 1.54) is 19.1 Å². The topological polar surface area (TPSA) is 201 Å². The Balaban J connectivity index is 3.03. The number of hydrogen-bond acceptors (Lipinski definition) is 14. The van der Waals surface area contributed by atoms with E-state index >= 15 is 0 Å². The van der Waals surface area contributed by atoms with Gasteiger partial charge in [-0.2, -0.15) is 9.97 Å². The molecule has 0 radical (unpaired) electrons. The fraction of sp³-hybridized carbons (Fsp3) is 0.609. The molecule has 15 heteroatoms. The van der Waals surface area contributed by atoms with Crippen molar-refractivity contribution in [1.82, 2.24) is 9.97 Å². The van der Waals surface area contributed by atoms with Gasteiger partial charge in [0.15, 0.2) is 0 Å². The van der Waals surface area contributed by atoms with Gasteiger partial charge in [0.05, 0.1) is 17.0 Å². The zero-order valence-corrected chi connectivity index (χ0v) is 23.7. The van der Waals surface area contributed by atoms with Crippen LogP contribution in [0.1, 0.15) is 48.5 Å². The van der Waals surface area contributed by atoms with E-state index in [1.807, 2.05) is 0 Å². The maximum atomic E-state index is 13.4. The highest BCUT2D eigenvalue weighted by Crippen LogP contribution is 2.48. The molecule has 0 atom stereocenters. The lowest BCUT2D eigenvalue weighted by Gasteiger charge is -2.21. The predicted molar refractivity (Wildman–Crippen MR) is 137 cm³/mol. The molecular formula is C23H37N4O10P. The number of carbonyl (C=O) groups excluding carboxylic acids is 3. The molecule has 4 N–H and O–H groups in total. The molecular weight excluding hydrogens is 523 g/mol. The molecule has 1 aromatic heterocycles. The smallest absolute Gasteiger partial charge is 0.340 e. The first-order valence-electron chi connectivity index (χ1n) is 11.5. The number of ether oxygens (including phenoxy) is 4. The van der Waals surface area contributed by atoms with Crippen molar-refractivity contribution >= 4 is 37.3 Å². The van der Waals surface area contributed by atoms with Gasteiger partial charge in [-0.15, -0.1) is 0 Å². The van der Waals surface area contributed by atoms with E-state index < -0.39 is 49.9 Å². The first kappa shape index (κ1) is 32.8. The van der Waals surface area contributed by atoms with Crippen LogP contribution >= 0.6 is 7.60 Å². The lowest BCUT2D eigenvalue weighted by atomic mass is 9.98. The number of hydrogen-bond donors (Lipinski definition) is 2. The average Bonchev–Trinajstić information content (AvgIpc) is 2.76. The van der Waals surface area contributed by atoms with Crippen LogP contribution in [0.4, 0.5) is 11.8 Å². The molecule has 0 saturated carbocycles. The molecule has 214 valence electrons. The lowest BCUT2D eigenvalue weighted by molar-refractivity contribution is -0.162. The van der Waals surface area contributed by atoms with Crippen molar-refractivity contribution in [3.63, 3.8) is 0 Å². The van der Waals surface area contributed by atoms with Gasteiger partial charge in [0.2, 0.25) is 25.4 Å². The van der Waals surface area contributed by atoms with Crippen LogP contribution in [-0.4, -0.2) is 60.8 Å². The van der Waals surface area contributed by atoms with Crippen LogP contribution in [0.15, 0.2) is 17.7 Å². The molecule has 0 aliphatic rings. The highest BCUT2D eigenvalue weighted by atomic mass is 31.2. The third-order valence-corrected chi connectivity index (χ3v) is 5.94. The lowest BCUT2D eigenvalue weighted by Crippen LogP contribution is -2.25. The molecule has 38 heavy (non-hydrogen) atoms. The van der Waals surface area contributed by atoms with Gasteiger partial charge in [0.25, 0.3) is 0 Å². The monoisotopic (exact) mass is 560 g/mol. The SMILES string of the molecule is CC(=O)OCC(=CCP(=O)(OCOC(=O)C(C)(C)C)OCOC(=O)C(C)(C)C)COc1cc(N)nc(N)n1. The van der Waals surface area contributed by atoms with Gasteiger partial charge < -0.3 is 30.4 Å². The minimum absolute atomic E-state index is 0.0580. The van der Waals surface area contributed by atoms with Gasteiger partial charge in [-0.05, 0) is 41.5 Å². The Hall–Kier alpha value is -3.22. The van der Waals surface area contributed by atoms with Crippen molar-refractivity contribution in [3.05, 3.63) is 17.7 Å². The molecule has 0 amide bonds. The van der Waals surface area contributed by atoms with E-state index in [9.17, 15) is 18.9 Å². The standard InChI is InChI=1S/C23H37N4O10P/c1-15(28)32-11-16(12-33-18-10-17(24)26-21(25)27-18)8-9-38(31,36-13-34-19(29)22(2,3)4)37-14-35-20(30)23(5,6)7/h8,10H,9,11-14H2,1-7H3,(H4,24,25,26,27). The van der Waals surface area contributed by atoms with E-state index in [0.717, 1.165) is 0 Å². The van der Waals surface area contributed by atoms with Gasteiger partial charge in [-0.25, -0.2) is 0 Å². The van der Waals surface area contributed by atoms with E-state index in [-0.39, 0.29) is 37.0 Å². The van der Waals surface area contributed by atoms with Crippen LogP contribution in [0.25, 0.3) is 0 Å². The zero-order valence-electron chi connectivity index (χ0n) is 22.8. The first-order valence-corrected chi connectivity index (χ1v) is 13.2. The largest absolute Gasteiger partial charge is 0.473 e. The van der Waals surface area contributed by atoms with Crippen molar-refractivity contribution in [2.24, 2.45) is 10.8 Å². The number of anilines is 2. The summed E-state index contributed by atoms with van der Waals surface area (Å²) in [6, 6.07) is 1.34. The van der Waals surface area contributed by atoms with Crippen molar-refractivity contribution in [2.45, 2.75) is 48.5 Å². The third-order valence-electron chi connectivity index (χ3n) is 4.31. The molecule has 0 aliphatic carbocycles. The Morgan fingerprint density at radius 3 is 1.87 bits per heavy atom. The highest BCUT2D eigenvalue weighted by Gasteiger charge is 2.29. The summed E-state index contributed by atoms with van der Waals surface area (Å²) < 4.78 is 44.6. The quantitative estimate of drug-likeness (QED) is 0.117.